The lowest BCUT2D eigenvalue weighted by Gasteiger charge is -2.40. The van der Waals surface area contributed by atoms with Gasteiger partial charge in [-0.3, -0.25) is 9.69 Å². The van der Waals surface area contributed by atoms with Crippen molar-refractivity contribution in [2.45, 2.75) is 13.0 Å². The lowest BCUT2D eigenvalue weighted by atomic mass is 10.2. The van der Waals surface area contributed by atoms with Gasteiger partial charge < -0.3 is 15.1 Å². The highest BCUT2D eigenvalue weighted by Gasteiger charge is 2.32. The SMILES string of the molecule is C[C@@H]1CN(CCO)CCN1C1=NC(=O)/C(=C/c2ccc(F)cc2O)S1. The lowest BCUT2D eigenvalue weighted by molar-refractivity contribution is -0.113. The molecule has 0 bridgehead atoms. The summed E-state index contributed by atoms with van der Waals surface area (Å²) >= 11 is 1.27. The number of halogens is 1. The van der Waals surface area contributed by atoms with Crippen LogP contribution in [-0.2, 0) is 4.79 Å². The Morgan fingerprint density at radius 1 is 1.44 bits per heavy atom. The molecule has 0 spiro atoms. The van der Waals surface area contributed by atoms with Gasteiger partial charge in [0.05, 0.1) is 11.5 Å². The molecule has 0 radical (unpaired) electrons. The second-order valence-corrected chi connectivity index (χ2v) is 7.09. The summed E-state index contributed by atoms with van der Waals surface area (Å²) in [5.41, 5.74) is 0.384. The highest BCUT2D eigenvalue weighted by molar-refractivity contribution is 8.18. The quantitative estimate of drug-likeness (QED) is 0.791. The van der Waals surface area contributed by atoms with E-state index >= 15 is 0 Å². The minimum atomic E-state index is -0.531. The van der Waals surface area contributed by atoms with Gasteiger partial charge in [0.25, 0.3) is 5.91 Å². The zero-order valence-corrected chi connectivity index (χ0v) is 14.7. The average molecular weight is 365 g/mol. The van der Waals surface area contributed by atoms with Crippen LogP contribution in [-0.4, -0.2) is 69.9 Å². The Kier molecular flexibility index (Phi) is 5.41. The first-order valence-corrected chi connectivity index (χ1v) is 8.90. The molecule has 2 N–H and O–H groups in total. The maximum absolute atomic E-state index is 13.1. The van der Waals surface area contributed by atoms with Gasteiger partial charge in [0.15, 0.2) is 5.17 Å². The molecule has 6 nitrogen and oxygen atoms in total. The number of thioether (sulfide) groups is 1. The van der Waals surface area contributed by atoms with Crippen molar-refractivity contribution in [2.75, 3.05) is 32.8 Å². The number of nitrogens with zero attached hydrogens (tertiary/aromatic N) is 3. The van der Waals surface area contributed by atoms with Crippen LogP contribution in [0, 0.1) is 5.82 Å². The number of β-amino-alcohol motifs (C(OH)–C–C–N with tert-alkyl or cyclic N) is 1. The third-order valence-corrected chi connectivity index (χ3v) is 5.28. The number of amidine groups is 1. The Bertz CT molecular complexity index is 738. The van der Waals surface area contributed by atoms with Gasteiger partial charge in [-0.05, 0) is 36.9 Å². The van der Waals surface area contributed by atoms with Gasteiger partial charge in [-0.15, -0.1) is 0 Å². The molecule has 1 aromatic carbocycles. The zero-order chi connectivity index (χ0) is 18.0. The number of benzene rings is 1. The van der Waals surface area contributed by atoms with E-state index in [4.69, 9.17) is 5.11 Å². The van der Waals surface area contributed by atoms with Crippen molar-refractivity contribution in [2.24, 2.45) is 4.99 Å². The number of amides is 1. The van der Waals surface area contributed by atoms with Crippen LogP contribution in [0.3, 0.4) is 0 Å². The molecule has 1 amide bonds. The molecule has 1 fully saturated rings. The molecular weight excluding hydrogens is 345 g/mol. The van der Waals surface area contributed by atoms with E-state index < -0.39 is 5.82 Å². The van der Waals surface area contributed by atoms with Crippen molar-refractivity contribution < 1.29 is 19.4 Å². The van der Waals surface area contributed by atoms with E-state index in [-0.39, 0.29) is 24.3 Å². The summed E-state index contributed by atoms with van der Waals surface area (Å²) in [6.45, 7) is 5.17. The molecule has 0 aliphatic carbocycles. The molecule has 8 heteroatoms. The number of rotatable bonds is 3. The van der Waals surface area contributed by atoms with Crippen molar-refractivity contribution >= 4 is 28.9 Å². The number of carbonyl (C=O) groups excluding carboxylic acids is 1. The summed E-state index contributed by atoms with van der Waals surface area (Å²) in [5, 5.41) is 19.5. The Hall–Kier alpha value is -1.90. The van der Waals surface area contributed by atoms with E-state index in [0.29, 0.717) is 22.2 Å². The maximum Gasteiger partial charge on any atom is 0.286 e. The highest BCUT2D eigenvalue weighted by Crippen LogP contribution is 2.33. The second-order valence-electron chi connectivity index (χ2n) is 6.08. The van der Waals surface area contributed by atoms with Crippen molar-refractivity contribution in [3.63, 3.8) is 0 Å². The van der Waals surface area contributed by atoms with Crippen LogP contribution in [0.15, 0.2) is 28.1 Å². The van der Waals surface area contributed by atoms with Crippen molar-refractivity contribution in [3.05, 3.63) is 34.5 Å². The third-order valence-electron chi connectivity index (χ3n) is 4.26. The molecule has 1 aromatic rings. The normalized spacial score (nSPS) is 23.4. The number of aliphatic imine (C=N–C) groups is 1. The first-order valence-electron chi connectivity index (χ1n) is 8.09. The number of piperazine rings is 1. The van der Waals surface area contributed by atoms with Crippen molar-refractivity contribution in [1.29, 1.82) is 0 Å². The maximum atomic E-state index is 13.1. The van der Waals surface area contributed by atoms with E-state index in [1.54, 1.807) is 0 Å². The van der Waals surface area contributed by atoms with E-state index in [0.717, 1.165) is 25.7 Å². The van der Waals surface area contributed by atoms with Gasteiger partial charge in [-0.25, -0.2) is 4.39 Å². The van der Waals surface area contributed by atoms with Gasteiger partial charge in [0.2, 0.25) is 0 Å². The highest BCUT2D eigenvalue weighted by atomic mass is 32.2. The predicted octanol–water partition coefficient (Wildman–Crippen LogP) is 1.50. The van der Waals surface area contributed by atoms with Crippen LogP contribution in [0.2, 0.25) is 0 Å². The van der Waals surface area contributed by atoms with Gasteiger partial charge in [0, 0.05) is 43.9 Å². The number of phenols is 1. The summed E-state index contributed by atoms with van der Waals surface area (Å²) in [6.07, 6.45) is 1.53. The monoisotopic (exact) mass is 365 g/mol. The van der Waals surface area contributed by atoms with E-state index in [2.05, 4.69) is 21.7 Å². The molecule has 25 heavy (non-hydrogen) atoms. The van der Waals surface area contributed by atoms with Crippen molar-refractivity contribution in [3.8, 4) is 5.75 Å². The standard InChI is InChI=1S/C17H20FN3O3S/c1-11-10-20(6-7-22)4-5-21(11)17-19-16(24)15(25-17)8-12-2-3-13(18)9-14(12)23/h2-3,8-9,11,22-23H,4-7,10H2,1H3/b15-8-/t11-/m1/s1. The molecule has 1 saturated heterocycles. The molecule has 3 rings (SSSR count). The summed E-state index contributed by atoms with van der Waals surface area (Å²) in [5.74, 6) is -1.09. The fraction of sp³-hybridized carbons (Fsp3) is 0.412. The van der Waals surface area contributed by atoms with Gasteiger partial charge >= 0.3 is 0 Å². The lowest BCUT2D eigenvalue weighted by Crippen LogP contribution is -2.53. The largest absolute Gasteiger partial charge is 0.507 e. The minimum Gasteiger partial charge on any atom is -0.507 e. The number of aliphatic hydroxyl groups is 1. The smallest absolute Gasteiger partial charge is 0.286 e. The van der Waals surface area contributed by atoms with Crippen molar-refractivity contribution in [1.82, 2.24) is 9.80 Å². The summed E-state index contributed by atoms with van der Waals surface area (Å²) < 4.78 is 13.1. The molecular formula is C17H20FN3O3S. The predicted molar refractivity (Wildman–Crippen MR) is 95.8 cm³/mol. The third kappa shape index (κ3) is 4.02. The van der Waals surface area contributed by atoms with Crippen LogP contribution in [0.4, 0.5) is 4.39 Å². The van der Waals surface area contributed by atoms with Crippen LogP contribution in [0.5, 0.6) is 5.75 Å². The molecule has 134 valence electrons. The van der Waals surface area contributed by atoms with Crippen LogP contribution < -0.4 is 0 Å². The Morgan fingerprint density at radius 3 is 2.92 bits per heavy atom. The van der Waals surface area contributed by atoms with Crippen LogP contribution in [0.25, 0.3) is 6.08 Å². The Balaban J connectivity index is 1.71. The van der Waals surface area contributed by atoms with Crippen LogP contribution >= 0.6 is 11.8 Å². The molecule has 2 aliphatic heterocycles. The average Bonchev–Trinajstić information content (AvgIpc) is 2.91. The summed E-state index contributed by atoms with van der Waals surface area (Å²) in [6, 6.07) is 3.86. The number of aromatic hydroxyl groups is 1. The number of phenolic OH excluding ortho intramolecular Hbond substituents is 1. The molecule has 2 aliphatic rings. The summed E-state index contributed by atoms with van der Waals surface area (Å²) in [7, 11) is 0. The Morgan fingerprint density at radius 2 is 2.24 bits per heavy atom. The molecule has 0 unspecified atom stereocenters. The second kappa shape index (κ2) is 7.55. The fourth-order valence-corrected chi connectivity index (χ4v) is 4.00. The fourth-order valence-electron chi connectivity index (χ4n) is 2.96. The Labute approximate surface area is 149 Å². The minimum absolute atomic E-state index is 0.134. The molecule has 2 heterocycles. The number of aliphatic hydroxyl groups excluding tert-OH is 1. The summed E-state index contributed by atoms with van der Waals surface area (Å²) in [4.78, 5) is 21.0. The zero-order valence-electron chi connectivity index (χ0n) is 13.9. The van der Waals surface area contributed by atoms with Gasteiger partial charge in [-0.2, -0.15) is 4.99 Å². The van der Waals surface area contributed by atoms with Crippen LogP contribution in [0.1, 0.15) is 12.5 Å². The molecule has 0 aromatic heterocycles. The number of hydrogen-bond acceptors (Lipinski definition) is 6. The van der Waals surface area contributed by atoms with Gasteiger partial charge in [-0.1, -0.05) is 0 Å². The van der Waals surface area contributed by atoms with E-state index in [1.165, 1.54) is 30.0 Å². The first kappa shape index (κ1) is 17.9. The molecule has 1 atom stereocenters. The topological polar surface area (TPSA) is 76.4 Å². The first-order chi connectivity index (χ1) is 12.0. The molecule has 0 saturated carbocycles. The number of hydrogen-bond donors (Lipinski definition) is 2. The van der Waals surface area contributed by atoms with Gasteiger partial charge in [0.1, 0.15) is 11.6 Å². The van der Waals surface area contributed by atoms with E-state index in [1.807, 2.05) is 0 Å². The number of carbonyl (C=O) groups is 1. The van der Waals surface area contributed by atoms with E-state index in [9.17, 15) is 14.3 Å².